The average Bonchev–Trinajstić information content (AvgIpc) is 2.87. The molecule has 0 spiro atoms. The van der Waals surface area contributed by atoms with Crippen molar-refractivity contribution in [3.05, 3.63) is 116 Å². The Morgan fingerprint density at radius 3 is 2.53 bits per heavy atom. The van der Waals surface area contributed by atoms with Crippen molar-refractivity contribution < 1.29 is 0 Å². The molecule has 3 aromatic rings. The van der Waals surface area contributed by atoms with Gasteiger partial charge in [0.15, 0.2) is 0 Å². The maximum atomic E-state index is 8.78. The first-order chi connectivity index (χ1) is 14.6. The Balaban J connectivity index is 1.76. The number of hydrogen-bond acceptors (Lipinski definition) is 2. The maximum absolute atomic E-state index is 8.78. The van der Waals surface area contributed by atoms with Gasteiger partial charge in [-0.15, -0.1) is 0 Å². The van der Waals surface area contributed by atoms with E-state index in [2.05, 4.69) is 76.9 Å². The Morgan fingerprint density at radius 1 is 1.03 bits per heavy atom. The van der Waals surface area contributed by atoms with E-state index in [1.807, 2.05) is 18.2 Å². The molecule has 0 unspecified atom stereocenters. The second kappa shape index (κ2) is 8.93. The van der Waals surface area contributed by atoms with Gasteiger partial charge in [0.25, 0.3) is 0 Å². The van der Waals surface area contributed by atoms with Crippen LogP contribution in [0.1, 0.15) is 47.1 Å². The van der Waals surface area contributed by atoms with Crippen molar-refractivity contribution in [3.63, 3.8) is 0 Å². The monoisotopic (exact) mass is 416 g/mol. The highest BCUT2D eigenvalue weighted by Gasteiger charge is 2.36. The van der Waals surface area contributed by atoms with Crippen LogP contribution in [-0.2, 0) is 18.4 Å². The van der Waals surface area contributed by atoms with Crippen molar-refractivity contribution in [1.29, 1.82) is 0 Å². The van der Waals surface area contributed by atoms with Gasteiger partial charge in [-0.05, 0) is 71.5 Å². The molecule has 0 aromatic heterocycles. The summed E-state index contributed by atoms with van der Waals surface area (Å²) in [7, 11) is 0. The smallest absolute Gasteiger partial charge is 0.0755 e. The molecule has 30 heavy (non-hydrogen) atoms. The third-order valence-corrected chi connectivity index (χ3v) is 6.62. The lowest BCUT2D eigenvalue weighted by molar-refractivity contribution is 0.443. The third kappa shape index (κ3) is 3.95. The lowest BCUT2D eigenvalue weighted by atomic mass is 9.81. The molecule has 152 valence electrons. The molecule has 0 saturated heterocycles. The van der Waals surface area contributed by atoms with Crippen molar-refractivity contribution in [2.45, 2.75) is 37.6 Å². The summed E-state index contributed by atoms with van der Waals surface area (Å²) in [6.45, 7) is 2.42. The molecule has 1 aliphatic rings. The molecule has 0 saturated carbocycles. The minimum absolute atomic E-state index is 0.236. The Bertz CT molecular complexity index is 1090. The molecule has 5 heteroatoms. The second-order valence-electron chi connectivity index (χ2n) is 7.97. The summed E-state index contributed by atoms with van der Waals surface area (Å²) in [5, 5.41) is 8.09. The fraction of sp³-hybridized carbons (Fsp3) is 0.280. The zero-order valence-corrected chi connectivity index (χ0v) is 17.8. The number of nitrogens with zero attached hydrogens (tertiary/aromatic N) is 3. The highest BCUT2D eigenvalue weighted by molar-refractivity contribution is 6.31. The van der Waals surface area contributed by atoms with Gasteiger partial charge in [-0.2, -0.15) is 0 Å². The average molecular weight is 417 g/mol. The van der Waals surface area contributed by atoms with Gasteiger partial charge in [0.2, 0.25) is 0 Å². The fourth-order valence-electron chi connectivity index (χ4n) is 4.72. The maximum Gasteiger partial charge on any atom is 0.0755 e. The van der Waals surface area contributed by atoms with Crippen LogP contribution in [0.25, 0.3) is 10.4 Å². The van der Waals surface area contributed by atoms with Crippen LogP contribution in [0.5, 0.6) is 0 Å². The van der Waals surface area contributed by atoms with Crippen LogP contribution in [0, 0.1) is 0 Å². The molecule has 0 heterocycles. The molecule has 0 bridgehead atoms. The van der Waals surface area contributed by atoms with Crippen LogP contribution in [0.2, 0.25) is 5.02 Å². The van der Waals surface area contributed by atoms with E-state index in [9.17, 15) is 0 Å². The van der Waals surface area contributed by atoms with E-state index in [-0.39, 0.29) is 6.67 Å². The van der Waals surface area contributed by atoms with Crippen LogP contribution in [0.4, 0.5) is 0 Å². The summed E-state index contributed by atoms with van der Waals surface area (Å²) in [6, 6.07) is 25.3. The summed E-state index contributed by atoms with van der Waals surface area (Å²) in [6.07, 6.45) is 2.92. The number of halogens is 1. The molecule has 1 N–H and O–H groups in total. The van der Waals surface area contributed by atoms with Crippen LogP contribution >= 0.6 is 11.6 Å². The van der Waals surface area contributed by atoms with Crippen molar-refractivity contribution in [3.8, 4) is 0 Å². The Labute approximate surface area is 182 Å². The van der Waals surface area contributed by atoms with E-state index in [1.165, 1.54) is 27.8 Å². The van der Waals surface area contributed by atoms with Gasteiger partial charge in [0.05, 0.1) is 12.2 Å². The number of azide groups is 1. The van der Waals surface area contributed by atoms with Crippen LogP contribution in [-0.4, -0.2) is 6.67 Å². The zero-order valence-electron chi connectivity index (χ0n) is 17.1. The number of rotatable bonds is 6. The van der Waals surface area contributed by atoms with Gasteiger partial charge < -0.3 is 0 Å². The number of benzene rings is 3. The summed E-state index contributed by atoms with van der Waals surface area (Å²) in [5.41, 5.74) is 14.7. The van der Waals surface area contributed by atoms with Gasteiger partial charge in [-0.1, -0.05) is 83.4 Å². The minimum atomic E-state index is -0.430. The second-order valence-corrected chi connectivity index (χ2v) is 8.37. The lowest BCUT2D eigenvalue weighted by Gasteiger charge is -2.33. The molecule has 4 nitrogen and oxygen atoms in total. The first-order valence-electron chi connectivity index (χ1n) is 10.3. The number of nitrogens with one attached hydrogen (secondary N) is 1. The lowest BCUT2D eigenvalue weighted by Crippen LogP contribution is -2.41. The Kier molecular flexibility index (Phi) is 6.10. The van der Waals surface area contributed by atoms with Gasteiger partial charge >= 0.3 is 0 Å². The highest BCUT2D eigenvalue weighted by atomic mass is 35.5. The van der Waals surface area contributed by atoms with Crippen LogP contribution in [0.3, 0.4) is 0 Å². The molecular formula is C25H25ClN4. The summed E-state index contributed by atoms with van der Waals surface area (Å²) in [5.74, 6) is 0.377. The van der Waals surface area contributed by atoms with Gasteiger partial charge in [-0.25, -0.2) is 0 Å². The normalized spacial score (nSPS) is 19.9. The quantitative estimate of drug-likeness (QED) is 0.270. The largest absolute Gasteiger partial charge is 0.298 e. The predicted molar refractivity (Wildman–Crippen MR) is 123 cm³/mol. The molecule has 0 aliphatic heterocycles. The fourth-order valence-corrected chi connectivity index (χ4v) is 4.95. The molecule has 4 rings (SSSR count). The first kappa shape index (κ1) is 20.5. The van der Waals surface area contributed by atoms with E-state index in [4.69, 9.17) is 17.1 Å². The third-order valence-electron chi connectivity index (χ3n) is 6.25. The summed E-state index contributed by atoms with van der Waals surface area (Å²) < 4.78 is 0. The highest BCUT2D eigenvalue weighted by Crippen LogP contribution is 2.43. The van der Waals surface area contributed by atoms with Gasteiger partial charge in [0.1, 0.15) is 0 Å². The molecular weight excluding hydrogens is 392 g/mol. The van der Waals surface area contributed by atoms with E-state index >= 15 is 0 Å². The topological polar surface area (TPSA) is 60.8 Å². The summed E-state index contributed by atoms with van der Waals surface area (Å²) >= 11 is 6.42. The molecule has 1 aliphatic carbocycles. The van der Waals surface area contributed by atoms with Crippen LogP contribution < -0.4 is 5.32 Å². The molecule has 2 atom stereocenters. The van der Waals surface area contributed by atoms with E-state index in [1.54, 1.807) is 0 Å². The SMILES string of the molecule is C[C@@]1(NCN=[N+]=[N-])c2ccccc2C[C@H](CCc2ccccc2Cl)c2ccccc21. The van der Waals surface area contributed by atoms with E-state index in [0.717, 1.165) is 24.3 Å². The van der Waals surface area contributed by atoms with Gasteiger partial charge in [0, 0.05) is 9.93 Å². The van der Waals surface area contributed by atoms with Crippen molar-refractivity contribution in [1.82, 2.24) is 5.32 Å². The number of aryl methyl sites for hydroxylation is 1. The minimum Gasteiger partial charge on any atom is -0.298 e. The predicted octanol–water partition coefficient (Wildman–Crippen LogP) is 6.73. The Morgan fingerprint density at radius 2 is 1.73 bits per heavy atom. The van der Waals surface area contributed by atoms with Crippen molar-refractivity contribution in [2.24, 2.45) is 5.11 Å². The van der Waals surface area contributed by atoms with E-state index in [0.29, 0.717) is 5.92 Å². The molecule has 0 amide bonds. The Hall–Kier alpha value is -2.78. The molecule has 3 aromatic carbocycles. The van der Waals surface area contributed by atoms with E-state index < -0.39 is 5.54 Å². The molecule has 0 radical (unpaired) electrons. The van der Waals surface area contributed by atoms with Crippen LogP contribution in [0.15, 0.2) is 77.9 Å². The zero-order chi connectivity index (χ0) is 21.0. The standard InChI is InChI=1S/C25H25ClN4/c1-25(28-17-29-30-27)22-11-5-2-9-20(22)16-19(21-10-4-6-12-23(21)25)15-14-18-8-3-7-13-24(18)26/h2-13,19,28H,14-17H2,1H3/t19-,25+/m0/s1. The summed E-state index contributed by atoms with van der Waals surface area (Å²) in [4.78, 5) is 2.92. The van der Waals surface area contributed by atoms with Crippen molar-refractivity contribution in [2.75, 3.05) is 6.67 Å². The first-order valence-corrected chi connectivity index (χ1v) is 10.7. The number of hydrogen-bond donors (Lipinski definition) is 1. The number of fused-ring (bicyclic) bond motifs is 2. The van der Waals surface area contributed by atoms with Crippen molar-refractivity contribution >= 4 is 11.6 Å². The van der Waals surface area contributed by atoms with Gasteiger partial charge in [-0.3, -0.25) is 5.32 Å². The molecule has 0 fully saturated rings.